The van der Waals surface area contributed by atoms with Crippen LogP contribution in [0.1, 0.15) is 92.9 Å². The molecule has 3 saturated heterocycles. The van der Waals surface area contributed by atoms with Gasteiger partial charge in [0.1, 0.15) is 0 Å². The van der Waals surface area contributed by atoms with Crippen LogP contribution in [0.4, 0.5) is 0 Å². The molecule has 4 aliphatic rings. The van der Waals surface area contributed by atoms with Crippen LogP contribution in [0.2, 0.25) is 0 Å². The van der Waals surface area contributed by atoms with Crippen molar-refractivity contribution < 1.29 is 0 Å². The van der Waals surface area contributed by atoms with Gasteiger partial charge in [0, 0.05) is 19.1 Å². The number of nitrogens with zero attached hydrogens (tertiary/aromatic N) is 3. The van der Waals surface area contributed by atoms with Gasteiger partial charge in [-0.2, -0.15) is 0 Å². The number of fused-ring (bicyclic) bond motifs is 2. The lowest BCUT2D eigenvalue weighted by Crippen LogP contribution is -2.38. The van der Waals surface area contributed by atoms with Crippen LogP contribution in [0, 0.1) is 29.6 Å². The summed E-state index contributed by atoms with van der Waals surface area (Å²) in [7, 11) is 6.73. The third kappa shape index (κ3) is 10.6. The fourth-order valence-electron chi connectivity index (χ4n) is 5.78. The molecule has 2 bridgehead atoms. The molecule has 4 unspecified atom stereocenters. The van der Waals surface area contributed by atoms with E-state index in [2.05, 4.69) is 63.5 Å². The summed E-state index contributed by atoms with van der Waals surface area (Å²) in [6.45, 7) is 20.1. The second-order valence-electron chi connectivity index (χ2n) is 11.2. The van der Waals surface area contributed by atoms with Gasteiger partial charge < -0.3 is 14.7 Å². The Morgan fingerprint density at radius 1 is 0.774 bits per heavy atom. The molecule has 4 fully saturated rings. The highest BCUT2D eigenvalue weighted by Gasteiger charge is 2.37. The molecule has 3 heterocycles. The summed E-state index contributed by atoms with van der Waals surface area (Å²) in [6.07, 6.45) is 11.4. The van der Waals surface area contributed by atoms with Crippen LogP contribution in [0.3, 0.4) is 0 Å². The Kier molecular flexibility index (Phi) is 14.6. The molecule has 0 N–H and O–H groups in total. The summed E-state index contributed by atoms with van der Waals surface area (Å²) in [4.78, 5) is 7.43. The van der Waals surface area contributed by atoms with E-state index in [-0.39, 0.29) is 0 Å². The largest absolute Gasteiger partial charge is 0.306 e. The SMILES string of the molecule is CC.CC1C2CC[C@H]1CN(C)C2.CC1CCN(C)CC1.CCC(C)CC1CCCN1C. The Labute approximate surface area is 197 Å². The first-order valence-electron chi connectivity index (χ1n) is 13.9. The minimum atomic E-state index is 0.893. The first-order valence-corrected chi connectivity index (χ1v) is 13.9. The van der Waals surface area contributed by atoms with Crippen molar-refractivity contribution in [2.45, 2.75) is 99.0 Å². The Bertz CT molecular complexity index is 408. The third-order valence-electron chi connectivity index (χ3n) is 8.54. The van der Waals surface area contributed by atoms with E-state index in [1.165, 1.54) is 84.1 Å². The molecule has 1 saturated carbocycles. The molecule has 0 aromatic heterocycles. The highest BCUT2D eigenvalue weighted by molar-refractivity contribution is 4.89. The molecule has 1 aliphatic carbocycles. The topological polar surface area (TPSA) is 9.72 Å². The zero-order chi connectivity index (χ0) is 23.4. The average molecular weight is 438 g/mol. The van der Waals surface area contributed by atoms with E-state index in [1.54, 1.807) is 0 Å². The number of hydrogen-bond donors (Lipinski definition) is 0. The molecule has 5 atom stereocenters. The van der Waals surface area contributed by atoms with Gasteiger partial charge in [0.05, 0.1) is 0 Å². The van der Waals surface area contributed by atoms with E-state index in [4.69, 9.17) is 0 Å². The van der Waals surface area contributed by atoms with Crippen molar-refractivity contribution in [2.75, 3.05) is 53.9 Å². The van der Waals surface area contributed by atoms with Crippen molar-refractivity contribution >= 4 is 0 Å². The number of rotatable bonds is 3. The Hall–Kier alpha value is -0.120. The summed E-state index contributed by atoms with van der Waals surface area (Å²) in [5.41, 5.74) is 0. The van der Waals surface area contributed by atoms with Crippen molar-refractivity contribution in [1.29, 1.82) is 0 Å². The first kappa shape index (κ1) is 28.9. The van der Waals surface area contributed by atoms with Crippen LogP contribution < -0.4 is 0 Å². The van der Waals surface area contributed by atoms with Crippen molar-refractivity contribution in [2.24, 2.45) is 29.6 Å². The summed E-state index contributed by atoms with van der Waals surface area (Å²) in [5, 5.41) is 0. The van der Waals surface area contributed by atoms with Crippen LogP contribution in [0.15, 0.2) is 0 Å². The average Bonchev–Trinajstić information content (AvgIpc) is 3.24. The number of piperidine rings is 2. The summed E-state index contributed by atoms with van der Waals surface area (Å²) >= 11 is 0. The van der Waals surface area contributed by atoms with Crippen molar-refractivity contribution in [3.63, 3.8) is 0 Å². The van der Waals surface area contributed by atoms with E-state index in [0.717, 1.165) is 35.6 Å². The Balaban J connectivity index is 0.000000226. The fraction of sp³-hybridized carbons (Fsp3) is 1.00. The highest BCUT2D eigenvalue weighted by atomic mass is 15.1. The van der Waals surface area contributed by atoms with Crippen LogP contribution in [-0.4, -0.2) is 74.6 Å². The van der Waals surface area contributed by atoms with Gasteiger partial charge in [-0.05, 0) is 115 Å². The first-order chi connectivity index (χ1) is 14.8. The van der Waals surface area contributed by atoms with Gasteiger partial charge in [0.15, 0.2) is 0 Å². The zero-order valence-electron chi connectivity index (χ0n) is 23.0. The molecule has 0 spiro atoms. The van der Waals surface area contributed by atoms with Crippen LogP contribution in [0.25, 0.3) is 0 Å². The molecule has 0 aromatic rings. The molecule has 3 nitrogen and oxygen atoms in total. The van der Waals surface area contributed by atoms with Gasteiger partial charge in [0.2, 0.25) is 0 Å². The second-order valence-corrected chi connectivity index (χ2v) is 11.2. The molecule has 0 amide bonds. The molecule has 31 heavy (non-hydrogen) atoms. The monoisotopic (exact) mass is 437 g/mol. The molecular formula is C28H59N3. The van der Waals surface area contributed by atoms with Crippen molar-refractivity contribution in [1.82, 2.24) is 14.7 Å². The van der Waals surface area contributed by atoms with Crippen LogP contribution in [0.5, 0.6) is 0 Å². The zero-order valence-corrected chi connectivity index (χ0v) is 23.0. The van der Waals surface area contributed by atoms with Crippen LogP contribution >= 0.6 is 0 Å². The Morgan fingerprint density at radius 2 is 1.32 bits per heavy atom. The van der Waals surface area contributed by atoms with Gasteiger partial charge in [0.25, 0.3) is 0 Å². The predicted molar refractivity (Wildman–Crippen MR) is 140 cm³/mol. The van der Waals surface area contributed by atoms with E-state index >= 15 is 0 Å². The lowest BCUT2D eigenvalue weighted by molar-refractivity contribution is 0.144. The lowest BCUT2D eigenvalue weighted by Gasteiger charge is -2.33. The summed E-state index contributed by atoms with van der Waals surface area (Å²) in [6, 6.07) is 0.893. The maximum atomic E-state index is 2.52. The minimum Gasteiger partial charge on any atom is -0.306 e. The summed E-state index contributed by atoms with van der Waals surface area (Å²) in [5.74, 6) is 4.98. The molecule has 3 heteroatoms. The van der Waals surface area contributed by atoms with Crippen molar-refractivity contribution in [3.8, 4) is 0 Å². The van der Waals surface area contributed by atoms with E-state index in [1.807, 2.05) is 13.8 Å². The van der Waals surface area contributed by atoms with Gasteiger partial charge in [-0.3, -0.25) is 0 Å². The fourth-order valence-corrected chi connectivity index (χ4v) is 5.78. The third-order valence-corrected chi connectivity index (χ3v) is 8.54. The van der Waals surface area contributed by atoms with Crippen molar-refractivity contribution in [3.05, 3.63) is 0 Å². The normalized spacial score (nSPS) is 32.8. The highest BCUT2D eigenvalue weighted by Crippen LogP contribution is 2.40. The van der Waals surface area contributed by atoms with Gasteiger partial charge >= 0.3 is 0 Å². The molecule has 0 radical (unpaired) electrons. The second kappa shape index (κ2) is 15.7. The standard InChI is InChI=1S/C10H21N.C9H17N.C7H15N.C2H6/c1-4-9(2)8-10-6-5-7-11(10)3;1-7-8-3-4-9(7)6-10(2)5-8;1-7-3-5-8(2)6-4-7;1-2/h9-10H,4-8H2,1-3H3;7-9H,3-6H2,1-2H3;7H,3-6H2,1-2H3;1-2H3/t;7?,8-,9?;;/m.0../s1. The van der Waals surface area contributed by atoms with Gasteiger partial charge in [-0.25, -0.2) is 0 Å². The smallest absolute Gasteiger partial charge is 0.00952 e. The van der Waals surface area contributed by atoms with E-state index < -0.39 is 0 Å². The van der Waals surface area contributed by atoms with Crippen LogP contribution in [-0.2, 0) is 0 Å². The number of hydrogen-bond acceptors (Lipinski definition) is 3. The molecular weight excluding hydrogens is 378 g/mol. The minimum absolute atomic E-state index is 0.893. The maximum absolute atomic E-state index is 2.52. The van der Waals surface area contributed by atoms with Gasteiger partial charge in [-0.1, -0.05) is 48.0 Å². The van der Waals surface area contributed by atoms with E-state index in [9.17, 15) is 0 Å². The summed E-state index contributed by atoms with van der Waals surface area (Å²) < 4.78 is 0. The maximum Gasteiger partial charge on any atom is 0.00952 e. The molecule has 4 rings (SSSR count). The quantitative estimate of drug-likeness (QED) is 0.500. The number of likely N-dealkylation sites (tertiary alicyclic amines) is 3. The lowest BCUT2D eigenvalue weighted by atomic mass is 9.87. The Morgan fingerprint density at radius 3 is 1.74 bits per heavy atom. The molecule has 0 aromatic carbocycles. The predicted octanol–water partition coefficient (Wildman–Crippen LogP) is 6.49. The van der Waals surface area contributed by atoms with Gasteiger partial charge in [-0.15, -0.1) is 0 Å². The molecule has 186 valence electrons. The van der Waals surface area contributed by atoms with E-state index in [0.29, 0.717) is 0 Å². The molecule has 3 aliphatic heterocycles.